The van der Waals surface area contributed by atoms with Crippen molar-refractivity contribution in [3.8, 4) is 0 Å². The first kappa shape index (κ1) is 14.0. The molecule has 108 valence electrons. The van der Waals surface area contributed by atoms with Crippen molar-refractivity contribution < 1.29 is 9.90 Å². The van der Waals surface area contributed by atoms with E-state index in [2.05, 4.69) is 13.8 Å². The molecule has 0 aromatic heterocycles. The van der Waals surface area contributed by atoms with Gasteiger partial charge in [0.15, 0.2) is 0 Å². The predicted molar refractivity (Wildman–Crippen MR) is 82.9 cm³/mol. The molecule has 3 rings (SSSR count). The number of carboxylic acids is 1. The fourth-order valence-electron chi connectivity index (χ4n) is 2.68. The van der Waals surface area contributed by atoms with Crippen LogP contribution in [0.2, 0.25) is 0 Å². The molecule has 0 unspecified atom stereocenters. The van der Waals surface area contributed by atoms with Gasteiger partial charge in [0.1, 0.15) is 0 Å². The lowest BCUT2D eigenvalue weighted by molar-refractivity contribution is 0.0695. The lowest BCUT2D eigenvalue weighted by Gasteiger charge is -2.19. The Morgan fingerprint density at radius 1 is 1.30 bits per heavy atom. The van der Waals surface area contributed by atoms with Crippen LogP contribution in [0.1, 0.15) is 72.9 Å². The minimum Gasteiger partial charge on any atom is -0.478 e. The number of carboxylic acid groups (broad SMARTS) is 1. The van der Waals surface area contributed by atoms with Crippen LogP contribution in [0.5, 0.6) is 0 Å². The van der Waals surface area contributed by atoms with Crippen molar-refractivity contribution >= 4 is 17.7 Å². The Morgan fingerprint density at radius 3 is 2.50 bits per heavy atom. The van der Waals surface area contributed by atoms with E-state index in [1.807, 2.05) is 23.9 Å². The van der Waals surface area contributed by atoms with E-state index in [-0.39, 0.29) is 0 Å². The zero-order chi connectivity index (χ0) is 14.3. The highest BCUT2D eigenvalue weighted by molar-refractivity contribution is 7.99. The topological polar surface area (TPSA) is 37.3 Å². The summed E-state index contributed by atoms with van der Waals surface area (Å²) in [7, 11) is 0. The van der Waals surface area contributed by atoms with Crippen LogP contribution < -0.4 is 0 Å². The lowest BCUT2D eigenvalue weighted by Crippen LogP contribution is -2.06. The van der Waals surface area contributed by atoms with Crippen LogP contribution in [0.3, 0.4) is 0 Å². The first-order valence-electron chi connectivity index (χ1n) is 7.60. The van der Waals surface area contributed by atoms with Gasteiger partial charge in [-0.1, -0.05) is 19.9 Å². The Kier molecular flexibility index (Phi) is 3.80. The molecule has 1 aromatic rings. The molecule has 0 heterocycles. The Balaban J connectivity index is 2.02. The number of hydrogen-bond donors (Lipinski definition) is 1. The number of aromatic carboxylic acids is 1. The van der Waals surface area contributed by atoms with Gasteiger partial charge in [-0.05, 0) is 60.6 Å². The molecular weight excluding hydrogens is 268 g/mol. The molecule has 2 aliphatic carbocycles. The molecule has 0 bridgehead atoms. The van der Waals surface area contributed by atoms with E-state index in [4.69, 9.17) is 0 Å². The second kappa shape index (κ2) is 5.44. The third-order valence-corrected chi connectivity index (χ3v) is 5.61. The number of benzene rings is 1. The molecule has 0 spiro atoms. The first-order chi connectivity index (χ1) is 9.58. The summed E-state index contributed by atoms with van der Waals surface area (Å²) in [5, 5.41) is 9.48. The van der Waals surface area contributed by atoms with Crippen LogP contribution in [0.4, 0.5) is 0 Å². The fraction of sp³-hybridized carbons (Fsp3) is 0.588. The van der Waals surface area contributed by atoms with Gasteiger partial charge >= 0.3 is 5.97 Å². The second-order valence-electron chi connectivity index (χ2n) is 6.43. The van der Waals surface area contributed by atoms with Crippen molar-refractivity contribution in [3.63, 3.8) is 0 Å². The summed E-state index contributed by atoms with van der Waals surface area (Å²) < 4.78 is 0. The third-order valence-electron chi connectivity index (χ3n) is 4.22. The number of rotatable bonds is 6. The van der Waals surface area contributed by atoms with Crippen LogP contribution in [-0.2, 0) is 0 Å². The molecule has 0 aliphatic heterocycles. The number of hydrogen-bond acceptors (Lipinski definition) is 2. The molecule has 0 atom stereocenters. The van der Waals surface area contributed by atoms with Gasteiger partial charge in [-0.2, -0.15) is 0 Å². The van der Waals surface area contributed by atoms with Crippen LogP contribution >= 0.6 is 11.8 Å². The molecule has 2 saturated carbocycles. The largest absolute Gasteiger partial charge is 0.478 e. The van der Waals surface area contributed by atoms with Gasteiger partial charge < -0.3 is 5.11 Å². The SMILES string of the molecule is CC(C)c1ccc(C(=O)O)c(C2CC2)c1SCC1CC1. The van der Waals surface area contributed by atoms with Crippen LogP contribution in [0.15, 0.2) is 17.0 Å². The molecule has 0 amide bonds. The molecule has 2 aliphatic rings. The van der Waals surface area contributed by atoms with Crippen LogP contribution in [0, 0.1) is 5.92 Å². The highest BCUT2D eigenvalue weighted by atomic mass is 32.2. The summed E-state index contributed by atoms with van der Waals surface area (Å²) in [5.74, 6) is 2.19. The average Bonchev–Trinajstić information content (AvgIpc) is 3.27. The Hall–Kier alpha value is -0.960. The van der Waals surface area contributed by atoms with Gasteiger partial charge in [0.05, 0.1) is 5.56 Å². The van der Waals surface area contributed by atoms with E-state index in [0.29, 0.717) is 17.4 Å². The Morgan fingerprint density at radius 2 is 2.00 bits per heavy atom. The van der Waals surface area contributed by atoms with Gasteiger partial charge in [0, 0.05) is 10.6 Å². The fourth-order valence-corrected chi connectivity index (χ4v) is 4.32. The van der Waals surface area contributed by atoms with E-state index < -0.39 is 5.97 Å². The standard InChI is InChI=1S/C17H22O2S/c1-10(2)13-7-8-14(17(18)19)15(12-5-6-12)16(13)20-9-11-3-4-11/h7-8,10-12H,3-6,9H2,1-2H3,(H,18,19). The molecule has 1 N–H and O–H groups in total. The van der Waals surface area contributed by atoms with Gasteiger partial charge in [-0.15, -0.1) is 11.8 Å². The molecule has 2 fully saturated rings. The third kappa shape index (κ3) is 2.88. The predicted octanol–water partition coefficient (Wildman–Crippen LogP) is 4.89. The second-order valence-corrected chi connectivity index (χ2v) is 7.46. The van der Waals surface area contributed by atoms with Gasteiger partial charge in [0.25, 0.3) is 0 Å². The average molecular weight is 290 g/mol. The summed E-state index contributed by atoms with van der Waals surface area (Å²) in [6.07, 6.45) is 5.00. The van der Waals surface area contributed by atoms with Gasteiger partial charge in [0.2, 0.25) is 0 Å². The maximum atomic E-state index is 11.5. The monoisotopic (exact) mass is 290 g/mol. The molecule has 20 heavy (non-hydrogen) atoms. The summed E-state index contributed by atoms with van der Waals surface area (Å²) in [6.45, 7) is 4.40. The molecule has 0 radical (unpaired) electrons. The van der Waals surface area contributed by atoms with E-state index in [1.54, 1.807) is 0 Å². The molecular formula is C17H22O2S. The summed E-state index contributed by atoms with van der Waals surface area (Å²) in [6, 6.07) is 3.86. The Bertz CT molecular complexity index is 528. The highest BCUT2D eigenvalue weighted by Gasteiger charge is 2.33. The van der Waals surface area contributed by atoms with Crippen molar-refractivity contribution in [2.45, 2.75) is 56.3 Å². The molecule has 0 saturated heterocycles. The van der Waals surface area contributed by atoms with Gasteiger partial charge in [-0.3, -0.25) is 0 Å². The van der Waals surface area contributed by atoms with Crippen LogP contribution in [0.25, 0.3) is 0 Å². The smallest absolute Gasteiger partial charge is 0.336 e. The van der Waals surface area contributed by atoms with Crippen molar-refractivity contribution in [1.29, 1.82) is 0 Å². The minimum absolute atomic E-state index is 0.456. The normalized spacial score (nSPS) is 18.6. The van der Waals surface area contributed by atoms with E-state index >= 15 is 0 Å². The zero-order valence-corrected chi connectivity index (χ0v) is 13.0. The van der Waals surface area contributed by atoms with Gasteiger partial charge in [-0.25, -0.2) is 4.79 Å². The van der Waals surface area contributed by atoms with Crippen LogP contribution in [-0.4, -0.2) is 16.8 Å². The lowest BCUT2D eigenvalue weighted by atomic mass is 9.94. The number of thioether (sulfide) groups is 1. The quantitative estimate of drug-likeness (QED) is 0.758. The maximum Gasteiger partial charge on any atom is 0.336 e. The summed E-state index contributed by atoms with van der Waals surface area (Å²) in [5.41, 5.74) is 3.01. The summed E-state index contributed by atoms with van der Waals surface area (Å²) >= 11 is 1.91. The molecule has 1 aromatic carbocycles. The zero-order valence-electron chi connectivity index (χ0n) is 12.2. The summed E-state index contributed by atoms with van der Waals surface area (Å²) in [4.78, 5) is 12.8. The van der Waals surface area contributed by atoms with E-state index in [1.165, 1.54) is 23.3 Å². The van der Waals surface area contributed by atoms with Crippen molar-refractivity contribution in [2.24, 2.45) is 5.92 Å². The minimum atomic E-state index is -0.768. The van der Waals surface area contributed by atoms with Crippen molar-refractivity contribution in [1.82, 2.24) is 0 Å². The number of carbonyl (C=O) groups is 1. The first-order valence-corrected chi connectivity index (χ1v) is 8.59. The van der Waals surface area contributed by atoms with Crippen molar-refractivity contribution in [3.05, 3.63) is 28.8 Å². The molecule has 2 nitrogen and oxygen atoms in total. The highest BCUT2D eigenvalue weighted by Crippen LogP contribution is 2.49. The Labute approximate surface area is 125 Å². The van der Waals surface area contributed by atoms with E-state index in [9.17, 15) is 9.90 Å². The molecule has 3 heteroatoms. The van der Waals surface area contributed by atoms with Crippen molar-refractivity contribution in [2.75, 3.05) is 5.75 Å². The maximum absolute atomic E-state index is 11.5. The van der Waals surface area contributed by atoms with E-state index in [0.717, 1.165) is 30.1 Å².